The fourth-order valence-electron chi connectivity index (χ4n) is 3.64. The van der Waals surface area contributed by atoms with Crippen molar-refractivity contribution in [2.24, 2.45) is 5.73 Å². The van der Waals surface area contributed by atoms with E-state index in [4.69, 9.17) is 5.73 Å². The van der Waals surface area contributed by atoms with Crippen LogP contribution in [0.25, 0.3) is 0 Å². The van der Waals surface area contributed by atoms with Crippen molar-refractivity contribution in [1.82, 2.24) is 4.90 Å². The van der Waals surface area contributed by atoms with Gasteiger partial charge in [0, 0.05) is 19.1 Å². The number of hydrogen-bond donors (Lipinski definition) is 1. The van der Waals surface area contributed by atoms with E-state index in [1.807, 2.05) is 23.1 Å². The summed E-state index contributed by atoms with van der Waals surface area (Å²) in [5, 5.41) is 0. The number of nitrogens with two attached hydrogens (primary N) is 1. The molecule has 2 aliphatic rings. The van der Waals surface area contributed by atoms with Crippen molar-refractivity contribution in [2.45, 2.75) is 43.6 Å². The van der Waals surface area contributed by atoms with Crippen LogP contribution in [0.2, 0.25) is 0 Å². The molecule has 1 aromatic carbocycles. The molecule has 0 radical (unpaired) electrons. The summed E-state index contributed by atoms with van der Waals surface area (Å²) < 4.78 is 0. The van der Waals surface area contributed by atoms with Gasteiger partial charge in [-0.1, -0.05) is 43.2 Å². The van der Waals surface area contributed by atoms with Crippen molar-refractivity contribution in [3.63, 3.8) is 0 Å². The average Bonchev–Trinajstić information content (AvgIpc) is 3.08. The molecule has 0 spiro atoms. The fraction of sp³-hybridized carbons (Fsp3) is 0.562. The maximum absolute atomic E-state index is 13.0. The first kappa shape index (κ1) is 15.3. The van der Waals surface area contributed by atoms with Gasteiger partial charge in [0.05, 0.1) is 5.41 Å². The van der Waals surface area contributed by atoms with Crippen LogP contribution in [0.1, 0.15) is 37.7 Å². The smallest absolute Gasteiger partial charge is 0.233 e. The summed E-state index contributed by atoms with van der Waals surface area (Å²) in [6, 6.07) is 10.5. The number of benzene rings is 1. The van der Waals surface area contributed by atoms with Crippen molar-refractivity contribution in [3.05, 3.63) is 35.9 Å². The quantitative estimate of drug-likeness (QED) is 0.911. The third-order valence-electron chi connectivity index (χ3n) is 4.70. The number of amides is 1. The number of likely N-dealkylation sites (tertiary alicyclic amines) is 1. The second kappa shape index (κ2) is 6.15. The predicted molar refractivity (Wildman–Crippen MR) is 83.0 cm³/mol. The lowest BCUT2D eigenvalue weighted by atomic mass is 9.77. The molecule has 1 atom stereocenters. The Morgan fingerprint density at radius 3 is 2.40 bits per heavy atom. The molecule has 4 heteroatoms. The molecule has 1 heterocycles. The molecule has 1 aliphatic carbocycles. The van der Waals surface area contributed by atoms with Crippen LogP contribution >= 0.6 is 12.4 Å². The highest BCUT2D eigenvalue weighted by molar-refractivity contribution is 5.89. The Balaban J connectivity index is 0.00000147. The number of carbonyl (C=O) groups is 1. The lowest BCUT2D eigenvalue weighted by Crippen LogP contribution is -2.45. The van der Waals surface area contributed by atoms with Gasteiger partial charge in [0.15, 0.2) is 0 Å². The van der Waals surface area contributed by atoms with Crippen molar-refractivity contribution >= 4 is 18.3 Å². The molecule has 1 aliphatic heterocycles. The Bertz CT molecular complexity index is 457. The van der Waals surface area contributed by atoms with Crippen LogP contribution in [-0.4, -0.2) is 29.9 Å². The van der Waals surface area contributed by atoms with Crippen LogP contribution in [-0.2, 0) is 10.2 Å². The maximum Gasteiger partial charge on any atom is 0.233 e. The Kier molecular flexibility index (Phi) is 4.71. The molecule has 110 valence electrons. The number of nitrogens with zero attached hydrogens (tertiary/aromatic N) is 1. The first-order chi connectivity index (χ1) is 9.22. The van der Waals surface area contributed by atoms with Gasteiger partial charge in [0.2, 0.25) is 5.91 Å². The summed E-state index contributed by atoms with van der Waals surface area (Å²) in [5.41, 5.74) is 6.87. The summed E-state index contributed by atoms with van der Waals surface area (Å²) in [4.78, 5) is 15.0. The number of rotatable bonds is 2. The first-order valence-corrected chi connectivity index (χ1v) is 7.33. The van der Waals surface area contributed by atoms with Gasteiger partial charge in [-0.25, -0.2) is 0 Å². The molecular weight excluding hydrogens is 272 g/mol. The van der Waals surface area contributed by atoms with Crippen molar-refractivity contribution in [2.75, 3.05) is 13.1 Å². The number of hydrogen-bond acceptors (Lipinski definition) is 2. The van der Waals surface area contributed by atoms with Gasteiger partial charge in [-0.15, -0.1) is 12.4 Å². The lowest BCUT2D eigenvalue weighted by molar-refractivity contribution is -0.136. The molecule has 0 bridgehead atoms. The highest BCUT2D eigenvalue weighted by Gasteiger charge is 2.45. The van der Waals surface area contributed by atoms with E-state index in [1.165, 1.54) is 5.56 Å². The van der Waals surface area contributed by atoms with E-state index < -0.39 is 0 Å². The van der Waals surface area contributed by atoms with Crippen LogP contribution < -0.4 is 5.73 Å². The minimum absolute atomic E-state index is 0. The molecule has 20 heavy (non-hydrogen) atoms. The molecule has 0 unspecified atom stereocenters. The molecule has 2 fully saturated rings. The Morgan fingerprint density at radius 1 is 1.20 bits per heavy atom. The Morgan fingerprint density at radius 2 is 1.85 bits per heavy atom. The summed E-state index contributed by atoms with van der Waals surface area (Å²) in [6.07, 6.45) is 5.22. The van der Waals surface area contributed by atoms with Crippen molar-refractivity contribution < 1.29 is 4.79 Å². The van der Waals surface area contributed by atoms with E-state index in [9.17, 15) is 4.79 Å². The highest BCUT2D eigenvalue weighted by Crippen LogP contribution is 2.43. The van der Waals surface area contributed by atoms with Crippen molar-refractivity contribution in [1.29, 1.82) is 0 Å². The first-order valence-electron chi connectivity index (χ1n) is 7.33. The van der Waals surface area contributed by atoms with E-state index >= 15 is 0 Å². The molecule has 1 amide bonds. The summed E-state index contributed by atoms with van der Waals surface area (Å²) in [7, 11) is 0. The normalized spacial score (nSPS) is 24.4. The number of halogens is 1. The average molecular weight is 295 g/mol. The molecule has 1 saturated carbocycles. The fourth-order valence-corrected chi connectivity index (χ4v) is 3.64. The van der Waals surface area contributed by atoms with E-state index in [0.29, 0.717) is 5.91 Å². The standard InChI is InChI=1S/C16H22N2O.ClH/c17-14-8-11-18(12-14)15(19)16(9-4-5-10-16)13-6-2-1-3-7-13;/h1-3,6-7,14H,4-5,8-12,17H2;1H/t14-;/m1./s1. The van der Waals surface area contributed by atoms with Crippen molar-refractivity contribution in [3.8, 4) is 0 Å². The third-order valence-corrected chi connectivity index (χ3v) is 4.70. The van der Waals surface area contributed by atoms with Crippen LogP contribution in [0.5, 0.6) is 0 Å². The molecule has 3 nitrogen and oxygen atoms in total. The predicted octanol–water partition coefficient (Wildman–Crippen LogP) is 2.48. The highest BCUT2D eigenvalue weighted by atomic mass is 35.5. The minimum Gasteiger partial charge on any atom is -0.340 e. The van der Waals surface area contributed by atoms with Crippen LogP contribution in [0, 0.1) is 0 Å². The van der Waals surface area contributed by atoms with Crippen LogP contribution in [0.15, 0.2) is 30.3 Å². The molecular formula is C16H23ClN2O. The van der Waals surface area contributed by atoms with E-state index in [1.54, 1.807) is 0 Å². The van der Waals surface area contributed by atoms with Gasteiger partial charge in [0.1, 0.15) is 0 Å². The van der Waals surface area contributed by atoms with Crippen LogP contribution in [0.4, 0.5) is 0 Å². The van der Waals surface area contributed by atoms with E-state index in [0.717, 1.165) is 45.2 Å². The molecule has 0 aromatic heterocycles. The summed E-state index contributed by atoms with van der Waals surface area (Å²) in [6.45, 7) is 1.56. The van der Waals surface area contributed by atoms with E-state index in [2.05, 4.69) is 12.1 Å². The zero-order valence-electron chi connectivity index (χ0n) is 11.8. The van der Waals surface area contributed by atoms with Gasteiger partial charge in [-0.3, -0.25) is 4.79 Å². The largest absolute Gasteiger partial charge is 0.340 e. The van der Waals surface area contributed by atoms with Crippen LogP contribution in [0.3, 0.4) is 0 Å². The maximum atomic E-state index is 13.0. The molecule has 2 N–H and O–H groups in total. The third kappa shape index (κ3) is 2.57. The van der Waals surface area contributed by atoms with E-state index in [-0.39, 0.29) is 23.9 Å². The second-order valence-electron chi connectivity index (χ2n) is 5.96. The summed E-state index contributed by atoms with van der Waals surface area (Å²) in [5.74, 6) is 0.309. The van der Waals surface area contributed by atoms with Gasteiger partial charge in [0.25, 0.3) is 0 Å². The Labute approximate surface area is 126 Å². The molecule has 1 aromatic rings. The lowest BCUT2D eigenvalue weighted by Gasteiger charge is -2.33. The van der Waals surface area contributed by atoms with Gasteiger partial charge in [-0.2, -0.15) is 0 Å². The SMILES string of the molecule is Cl.N[C@@H]1CCN(C(=O)C2(c3ccccc3)CCCC2)C1. The monoisotopic (exact) mass is 294 g/mol. The topological polar surface area (TPSA) is 46.3 Å². The zero-order chi connectivity index (χ0) is 13.3. The van der Waals surface area contributed by atoms with Gasteiger partial charge in [-0.05, 0) is 24.8 Å². The summed E-state index contributed by atoms with van der Waals surface area (Å²) >= 11 is 0. The van der Waals surface area contributed by atoms with Gasteiger partial charge < -0.3 is 10.6 Å². The minimum atomic E-state index is -0.272. The number of carbonyl (C=O) groups excluding carboxylic acids is 1. The molecule has 1 saturated heterocycles. The van der Waals surface area contributed by atoms with Gasteiger partial charge >= 0.3 is 0 Å². The second-order valence-corrected chi connectivity index (χ2v) is 5.96. The zero-order valence-corrected chi connectivity index (χ0v) is 12.6. The molecule has 3 rings (SSSR count). The Hall–Kier alpha value is -1.06.